The van der Waals surface area contributed by atoms with Gasteiger partial charge in [0.1, 0.15) is 5.82 Å². The SMILES string of the molecule is CCC(C)c1nc(C)c(CCCNC2CC2)c(C)n1. The molecule has 0 saturated heterocycles. The molecule has 3 nitrogen and oxygen atoms in total. The minimum absolute atomic E-state index is 0.461. The van der Waals surface area contributed by atoms with E-state index in [9.17, 15) is 0 Å². The zero-order valence-corrected chi connectivity index (χ0v) is 12.8. The highest BCUT2D eigenvalue weighted by Crippen LogP contribution is 2.20. The molecule has 19 heavy (non-hydrogen) atoms. The molecule has 1 aliphatic carbocycles. The molecule has 0 aliphatic heterocycles. The molecule has 2 rings (SSSR count). The highest BCUT2D eigenvalue weighted by atomic mass is 14.9. The lowest BCUT2D eigenvalue weighted by Crippen LogP contribution is -2.18. The van der Waals surface area contributed by atoms with Crippen LogP contribution in [0.1, 0.15) is 68.2 Å². The fourth-order valence-electron chi connectivity index (χ4n) is 2.39. The molecule has 0 aromatic carbocycles. The van der Waals surface area contributed by atoms with Crippen LogP contribution >= 0.6 is 0 Å². The first kappa shape index (κ1) is 14.4. The summed E-state index contributed by atoms with van der Waals surface area (Å²) in [7, 11) is 0. The first-order valence-electron chi connectivity index (χ1n) is 7.69. The second-order valence-electron chi connectivity index (χ2n) is 5.87. The molecule has 106 valence electrons. The van der Waals surface area contributed by atoms with Gasteiger partial charge in [-0.2, -0.15) is 0 Å². The van der Waals surface area contributed by atoms with Gasteiger partial charge in [-0.1, -0.05) is 13.8 Å². The molecule has 0 radical (unpaired) electrons. The van der Waals surface area contributed by atoms with Crippen LogP contribution in [0.2, 0.25) is 0 Å². The summed E-state index contributed by atoms with van der Waals surface area (Å²) in [5.41, 5.74) is 3.70. The molecule has 1 fully saturated rings. The van der Waals surface area contributed by atoms with Gasteiger partial charge in [-0.3, -0.25) is 0 Å². The van der Waals surface area contributed by atoms with E-state index < -0.39 is 0 Å². The average molecular weight is 261 g/mol. The fourth-order valence-corrected chi connectivity index (χ4v) is 2.39. The lowest BCUT2D eigenvalue weighted by Gasteiger charge is -2.14. The number of aryl methyl sites for hydroxylation is 2. The van der Waals surface area contributed by atoms with Crippen molar-refractivity contribution in [1.29, 1.82) is 0 Å². The van der Waals surface area contributed by atoms with Gasteiger partial charge in [-0.25, -0.2) is 9.97 Å². The molecule has 3 heteroatoms. The van der Waals surface area contributed by atoms with Crippen molar-refractivity contribution < 1.29 is 0 Å². The number of nitrogens with one attached hydrogen (secondary N) is 1. The number of rotatable bonds is 7. The van der Waals surface area contributed by atoms with Crippen LogP contribution in [0.5, 0.6) is 0 Å². The zero-order valence-electron chi connectivity index (χ0n) is 12.8. The van der Waals surface area contributed by atoms with E-state index in [1.165, 1.54) is 36.2 Å². The van der Waals surface area contributed by atoms with Gasteiger partial charge in [-0.05, 0) is 58.1 Å². The second-order valence-corrected chi connectivity index (χ2v) is 5.87. The highest BCUT2D eigenvalue weighted by molar-refractivity contribution is 5.25. The Hall–Kier alpha value is -0.960. The predicted molar refractivity (Wildman–Crippen MR) is 79.6 cm³/mol. The van der Waals surface area contributed by atoms with Crippen molar-refractivity contribution in [1.82, 2.24) is 15.3 Å². The summed E-state index contributed by atoms with van der Waals surface area (Å²) >= 11 is 0. The third kappa shape index (κ3) is 4.00. The van der Waals surface area contributed by atoms with Crippen molar-refractivity contribution in [2.45, 2.75) is 71.8 Å². The van der Waals surface area contributed by atoms with E-state index in [-0.39, 0.29) is 0 Å². The number of hydrogen-bond acceptors (Lipinski definition) is 3. The van der Waals surface area contributed by atoms with Gasteiger partial charge in [0.2, 0.25) is 0 Å². The molecule has 1 aromatic rings. The first-order chi connectivity index (χ1) is 9.11. The Morgan fingerprint density at radius 1 is 1.21 bits per heavy atom. The van der Waals surface area contributed by atoms with E-state index in [1.54, 1.807) is 0 Å². The second kappa shape index (κ2) is 6.47. The molecule has 1 atom stereocenters. The normalized spacial score (nSPS) is 16.6. The fraction of sp³-hybridized carbons (Fsp3) is 0.750. The third-order valence-corrected chi connectivity index (χ3v) is 4.11. The van der Waals surface area contributed by atoms with Crippen LogP contribution in [-0.2, 0) is 6.42 Å². The largest absolute Gasteiger partial charge is 0.314 e. The van der Waals surface area contributed by atoms with Crippen molar-refractivity contribution >= 4 is 0 Å². The topological polar surface area (TPSA) is 37.8 Å². The Morgan fingerprint density at radius 3 is 2.37 bits per heavy atom. The Kier molecular flexibility index (Phi) is 4.92. The van der Waals surface area contributed by atoms with Crippen LogP contribution in [-0.4, -0.2) is 22.6 Å². The molecule has 1 aliphatic rings. The van der Waals surface area contributed by atoms with Gasteiger partial charge in [0.25, 0.3) is 0 Å². The third-order valence-electron chi connectivity index (χ3n) is 4.11. The van der Waals surface area contributed by atoms with E-state index in [0.717, 1.165) is 31.3 Å². The molecule has 1 heterocycles. The summed E-state index contributed by atoms with van der Waals surface area (Å²) < 4.78 is 0. The quantitative estimate of drug-likeness (QED) is 0.765. The molecule has 0 spiro atoms. The molecule has 1 saturated carbocycles. The van der Waals surface area contributed by atoms with Crippen LogP contribution in [0.4, 0.5) is 0 Å². The van der Waals surface area contributed by atoms with Gasteiger partial charge in [0.15, 0.2) is 0 Å². The zero-order chi connectivity index (χ0) is 13.8. The highest BCUT2D eigenvalue weighted by Gasteiger charge is 2.19. The monoisotopic (exact) mass is 261 g/mol. The molecule has 1 unspecified atom stereocenters. The predicted octanol–water partition coefficient (Wildman–Crippen LogP) is 3.29. The molecule has 0 bridgehead atoms. The van der Waals surface area contributed by atoms with Crippen molar-refractivity contribution in [3.05, 3.63) is 22.8 Å². The Balaban J connectivity index is 1.95. The van der Waals surface area contributed by atoms with Crippen molar-refractivity contribution in [2.75, 3.05) is 6.54 Å². The van der Waals surface area contributed by atoms with Crippen molar-refractivity contribution in [2.24, 2.45) is 0 Å². The molecular formula is C16H27N3. The van der Waals surface area contributed by atoms with Gasteiger partial charge in [-0.15, -0.1) is 0 Å². The average Bonchev–Trinajstić information content (AvgIpc) is 3.19. The van der Waals surface area contributed by atoms with Gasteiger partial charge in [0.05, 0.1) is 0 Å². The molecule has 1 aromatic heterocycles. The molecule has 0 amide bonds. The minimum atomic E-state index is 0.461. The molecule has 1 N–H and O–H groups in total. The summed E-state index contributed by atoms with van der Waals surface area (Å²) in [6, 6.07) is 0.811. The van der Waals surface area contributed by atoms with Crippen LogP contribution in [0.15, 0.2) is 0 Å². The summed E-state index contributed by atoms with van der Waals surface area (Å²) in [5.74, 6) is 1.47. The Bertz CT molecular complexity index is 401. The number of hydrogen-bond donors (Lipinski definition) is 1. The summed E-state index contributed by atoms with van der Waals surface area (Å²) in [6.45, 7) is 9.77. The summed E-state index contributed by atoms with van der Waals surface area (Å²) in [5, 5.41) is 3.56. The van der Waals surface area contributed by atoms with Crippen molar-refractivity contribution in [3.63, 3.8) is 0 Å². The Morgan fingerprint density at radius 2 is 1.84 bits per heavy atom. The van der Waals surface area contributed by atoms with Gasteiger partial charge < -0.3 is 5.32 Å². The van der Waals surface area contributed by atoms with Crippen LogP contribution < -0.4 is 5.32 Å². The van der Waals surface area contributed by atoms with E-state index in [4.69, 9.17) is 9.97 Å². The standard InChI is InChI=1S/C16H27N3/c1-5-11(2)16-18-12(3)15(13(4)19-16)7-6-10-17-14-8-9-14/h11,14,17H,5-10H2,1-4H3. The van der Waals surface area contributed by atoms with E-state index >= 15 is 0 Å². The van der Waals surface area contributed by atoms with Crippen LogP contribution in [0, 0.1) is 13.8 Å². The minimum Gasteiger partial charge on any atom is -0.314 e. The number of nitrogens with zero attached hydrogens (tertiary/aromatic N) is 2. The lowest BCUT2D eigenvalue weighted by atomic mass is 10.0. The maximum Gasteiger partial charge on any atom is 0.131 e. The summed E-state index contributed by atoms with van der Waals surface area (Å²) in [6.07, 6.45) is 6.11. The molecular weight excluding hydrogens is 234 g/mol. The van der Waals surface area contributed by atoms with E-state index in [2.05, 4.69) is 33.0 Å². The van der Waals surface area contributed by atoms with Gasteiger partial charge in [0, 0.05) is 23.3 Å². The van der Waals surface area contributed by atoms with Crippen molar-refractivity contribution in [3.8, 4) is 0 Å². The maximum absolute atomic E-state index is 4.70. The number of aromatic nitrogens is 2. The first-order valence-corrected chi connectivity index (χ1v) is 7.69. The summed E-state index contributed by atoms with van der Waals surface area (Å²) in [4.78, 5) is 9.40. The Labute approximate surface area is 117 Å². The van der Waals surface area contributed by atoms with E-state index in [0.29, 0.717) is 5.92 Å². The van der Waals surface area contributed by atoms with Crippen LogP contribution in [0.3, 0.4) is 0 Å². The smallest absolute Gasteiger partial charge is 0.131 e. The van der Waals surface area contributed by atoms with Crippen LogP contribution in [0.25, 0.3) is 0 Å². The van der Waals surface area contributed by atoms with E-state index in [1.807, 2.05) is 0 Å². The van der Waals surface area contributed by atoms with Gasteiger partial charge >= 0.3 is 0 Å². The lowest BCUT2D eigenvalue weighted by molar-refractivity contribution is 0.634. The maximum atomic E-state index is 4.70.